The van der Waals surface area contributed by atoms with Gasteiger partial charge >= 0.3 is 0 Å². The number of para-hydroxylation sites is 2. The summed E-state index contributed by atoms with van der Waals surface area (Å²) in [5.41, 5.74) is 4.83. The third-order valence-electron chi connectivity index (χ3n) is 6.28. The van der Waals surface area contributed by atoms with Crippen molar-refractivity contribution in [3.8, 4) is 5.75 Å². The Morgan fingerprint density at radius 1 is 1.03 bits per heavy atom. The third-order valence-corrected chi connectivity index (χ3v) is 8.51. The fraction of sp³-hybridized carbons (Fsp3) is 0.103. The number of nitrogens with zero attached hydrogens (tertiary/aromatic N) is 2. The molecule has 1 aliphatic rings. The van der Waals surface area contributed by atoms with Crippen molar-refractivity contribution in [2.45, 2.75) is 16.3 Å². The quantitative estimate of drug-likeness (QED) is 0.232. The monoisotopic (exact) mass is 527 g/mol. The Kier molecular flexibility index (Phi) is 6.28. The molecule has 5 aromatic rings. The summed E-state index contributed by atoms with van der Waals surface area (Å²) in [6, 6.07) is 27.5. The normalized spacial score (nSPS) is 14.9. The van der Waals surface area contributed by atoms with Crippen LogP contribution in [0, 0.1) is 5.82 Å². The SMILES string of the molecule is COc1ccc(C2Nc3ccccc3C(=O)N2c2ccc(F)cc2)cc1CSc1nc2ccccc2s1. The van der Waals surface area contributed by atoms with Crippen LogP contribution in [0.2, 0.25) is 0 Å². The van der Waals surface area contributed by atoms with Crippen LogP contribution in [0.4, 0.5) is 15.8 Å². The maximum absolute atomic E-state index is 13.7. The van der Waals surface area contributed by atoms with E-state index in [1.165, 1.54) is 12.1 Å². The van der Waals surface area contributed by atoms with Crippen LogP contribution >= 0.6 is 23.1 Å². The van der Waals surface area contributed by atoms with Crippen molar-refractivity contribution in [3.63, 3.8) is 0 Å². The van der Waals surface area contributed by atoms with Gasteiger partial charge in [-0.2, -0.15) is 0 Å². The number of thiazole rings is 1. The van der Waals surface area contributed by atoms with E-state index in [1.807, 2.05) is 48.5 Å². The number of nitrogens with one attached hydrogen (secondary N) is 1. The smallest absolute Gasteiger partial charge is 0.262 e. The van der Waals surface area contributed by atoms with Crippen molar-refractivity contribution in [3.05, 3.63) is 114 Å². The summed E-state index contributed by atoms with van der Waals surface area (Å²) in [7, 11) is 1.66. The Bertz CT molecular complexity index is 1570. The molecule has 8 heteroatoms. The van der Waals surface area contributed by atoms with Gasteiger partial charge in [-0.3, -0.25) is 9.69 Å². The van der Waals surface area contributed by atoms with E-state index in [0.29, 0.717) is 17.0 Å². The molecule has 184 valence electrons. The summed E-state index contributed by atoms with van der Waals surface area (Å²) < 4.78 is 21.5. The van der Waals surface area contributed by atoms with Crippen molar-refractivity contribution < 1.29 is 13.9 Å². The standard InChI is InChI=1S/C29H22FN3O2S2/c1-35-25-15-10-18(16-19(25)17-36-29-32-24-8-4-5-9-26(24)37-29)27-31-23-7-3-2-6-22(23)28(34)33(27)21-13-11-20(30)12-14-21/h2-16,27,31H,17H2,1H3. The Hall–Kier alpha value is -3.88. The van der Waals surface area contributed by atoms with Crippen LogP contribution in [-0.2, 0) is 5.75 Å². The first-order valence-electron chi connectivity index (χ1n) is 11.7. The molecule has 1 aliphatic heterocycles. The molecule has 1 amide bonds. The highest BCUT2D eigenvalue weighted by Crippen LogP contribution is 2.39. The highest BCUT2D eigenvalue weighted by molar-refractivity contribution is 8.00. The van der Waals surface area contributed by atoms with Gasteiger partial charge in [-0.05, 0) is 66.2 Å². The molecule has 6 rings (SSSR count). The number of methoxy groups -OCH3 is 1. The molecule has 0 saturated heterocycles. The van der Waals surface area contributed by atoms with Gasteiger partial charge in [0, 0.05) is 22.7 Å². The van der Waals surface area contributed by atoms with Crippen LogP contribution in [0.15, 0.2) is 95.3 Å². The lowest BCUT2D eigenvalue weighted by atomic mass is 10.0. The van der Waals surface area contributed by atoms with Crippen LogP contribution in [0.1, 0.15) is 27.7 Å². The summed E-state index contributed by atoms with van der Waals surface area (Å²) >= 11 is 3.33. The second-order valence-corrected chi connectivity index (χ2v) is 10.8. The first kappa shape index (κ1) is 23.5. The van der Waals surface area contributed by atoms with E-state index < -0.39 is 6.17 Å². The zero-order valence-corrected chi connectivity index (χ0v) is 21.5. The molecule has 1 atom stereocenters. The first-order valence-corrected chi connectivity index (χ1v) is 13.5. The number of ether oxygens (including phenoxy) is 1. The van der Waals surface area contributed by atoms with Crippen molar-refractivity contribution in [2.75, 3.05) is 17.3 Å². The van der Waals surface area contributed by atoms with E-state index in [1.54, 1.807) is 53.3 Å². The third kappa shape index (κ3) is 4.54. The molecule has 1 N–H and O–H groups in total. The summed E-state index contributed by atoms with van der Waals surface area (Å²) in [6.07, 6.45) is -0.482. The van der Waals surface area contributed by atoms with Gasteiger partial charge < -0.3 is 10.1 Å². The number of benzene rings is 4. The molecule has 0 spiro atoms. The van der Waals surface area contributed by atoms with Crippen LogP contribution in [0.3, 0.4) is 0 Å². The molecule has 0 bridgehead atoms. The van der Waals surface area contributed by atoms with Gasteiger partial charge in [0.25, 0.3) is 5.91 Å². The Morgan fingerprint density at radius 2 is 1.81 bits per heavy atom. The average molecular weight is 528 g/mol. The van der Waals surface area contributed by atoms with E-state index in [4.69, 9.17) is 9.72 Å². The number of aromatic nitrogens is 1. The zero-order valence-electron chi connectivity index (χ0n) is 19.9. The maximum Gasteiger partial charge on any atom is 0.262 e. The number of carbonyl (C=O) groups excluding carboxylic acids is 1. The Morgan fingerprint density at radius 3 is 2.62 bits per heavy atom. The molecular formula is C29H22FN3O2S2. The maximum atomic E-state index is 13.7. The van der Waals surface area contributed by atoms with Gasteiger partial charge in [-0.25, -0.2) is 9.37 Å². The molecule has 5 nitrogen and oxygen atoms in total. The molecular weight excluding hydrogens is 505 g/mol. The number of hydrogen-bond donors (Lipinski definition) is 1. The highest BCUT2D eigenvalue weighted by Gasteiger charge is 2.34. The van der Waals surface area contributed by atoms with Crippen molar-refractivity contribution in [1.82, 2.24) is 4.98 Å². The van der Waals surface area contributed by atoms with Gasteiger partial charge in [-0.1, -0.05) is 42.1 Å². The van der Waals surface area contributed by atoms with Crippen molar-refractivity contribution in [2.24, 2.45) is 0 Å². The summed E-state index contributed by atoms with van der Waals surface area (Å²) in [6.45, 7) is 0. The van der Waals surface area contributed by atoms with Gasteiger partial charge in [-0.15, -0.1) is 11.3 Å². The number of hydrogen-bond acceptors (Lipinski definition) is 6. The number of halogens is 1. The average Bonchev–Trinajstić information content (AvgIpc) is 3.35. The molecule has 2 heterocycles. The number of rotatable bonds is 6. The van der Waals surface area contributed by atoms with Crippen LogP contribution in [-0.4, -0.2) is 18.0 Å². The molecule has 4 aromatic carbocycles. The summed E-state index contributed by atoms with van der Waals surface area (Å²) in [5.74, 6) is 0.932. The lowest BCUT2D eigenvalue weighted by Crippen LogP contribution is -2.43. The lowest BCUT2D eigenvalue weighted by Gasteiger charge is -2.38. The van der Waals surface area contributed by atoms with Gasteiger partial charge in [0.05, 0.1) is 22.9 Å². The second-order valence-electron chi connectivity index (χ2n) is 8.55. The predicted molar refractivity (Wildman–Crippen MR) is 148 cm³/mol. The molecule has 1 unspecified atom stereocenters. The predicted octanol–water partition coefficient (Wildman–Crippen LogP) is 7.51. The topological polar surface area (TPSA) is 54.5 Å². The zero-order chi connectivity index (χ0) is 25.4. The van der Waals surface area contributed by atoms with Crippen molar-refractivity contribution in [1.29, 1.82) is 0 Å². The van der Waals surface area contributed by atoms with Crippen LogP contribution < -0.4 is 15.0 Å². The van der Waals surface area contributed by atoms with Gasteiger partial charge in [0.2, 0.25) is 0 Å². The van der Waals surface area contributed by atoms with Gasteiger partial charge in [0.15, 0.2) is 4.34 Å². The number of carbonyl (C=O) groups is 1. The van der Waals surface area contributed by atoms with Crippen LogP contribution in [0.5, 0.6) is 5.75 Å². The van der Waals surface area contributed by atoms with E-state index in [9.17, 15) is 9.18 Å². The fourth-order valence-electron chi connectivity index (χ4n) is 4.49. The lowest BCUT2D eigenvalue weighted by molar-refractivity contribution is 0.0975. The van der Waals surface area contributed by atoms with E-state index in [0.717, 1.165) is 37.1 Å². The minimum atomic E-state index is -0.482. The molecule has 0 radical (unpaired) electrons. The van der Waals surface area contributed by atoms with Gasteiger partial charge in [0.1, 0.15) is 17.7 Å². The summed E-state index contributed by atoms with van der Waals surface area (Å²) in [4.78, 5) is 20.1. The first-order chi connectivity index (χ1) is 18.1. The minimum Gasteiger partial charge on any atom is -0.496 e. The minimum absolute atomic E-state index is 0.146. The largest absolute Gasteiger partial charge is 0.496 e. The molecule has 37 heavy (non-hydrogen) atoms. The highest BCUT2D eigenvalue weighted by atomic mass is 32.2. The number of amides is 1. The molecule has 0 saturated carbocycles. The number of fused-ring (bicyclic) bond motifs is 2. The number of thioether (sulfide) groups is 1. The molecule has 0 aliphatic carbocycles. The Balaban J connectivity index is 1.36. The Labute approximate surface area is 221 Å². The van der Waals surface area contributed by atoms with E-state index >= 15 is 0 Å². The molecule has 0 fully saturated rings. The van der Waals surface area contributed by atoms with E-state index in [-0.39, 0.29) is 11.7 Å². The molecule has 1 aromatic heterocycles. The van der Waals surface area contributed by atoms with Crippen molar-refractivity contribution >= 4 is 50.6 Å². The second kappa shape index (κ2) is 9.88. The van der Waals surface area contributed by atoms with Crippen LogP contribution in [0.25, 0.3) is 10.2 Å². The summed E-state index contributed by atoms with van der Waals surface area (Å²) in [5, 5.41) is 3.52. The van der Waals surface area contributed by atoms with E-state index in [2.05, 4.69) is 17.4 Å². The fourth-order valence-corrected chi connectivity index (χ4v) is 6.53. The number of anilines is 2.